The molecule has 0 atom stereocenters. The van der Waals surface area contributed by atoms with Crippen molar-refractivity contribution in [2.45, 2.75) is 60.8 Å². The Bertz CT molecular complexity index is 879. The van der Waals surface area contributed by atoms with E-state index >= 15 is 0 Å². The van der Waals surface area contributed by atoms with Crippen LogP contribution in [0.15, 0.2) is 41.4 Å². The smallest absolute Gasteiger partial charge is 0.181 e. The highest BCUT2D eigenvalue weighted by Crippen LogP contribution is 2.33. The molecular formula is C20H27N3O3S. The predicted molar refractivity (Wildman–Crippen MR) is 104 cm³/mol. The number of sulfone groups is 1. The number of hydrogen-bond acceptors (Lipinski definition) is 5. The highest BCUT2D eigenvalue weighted by atomic mass is 32.2. The van der Waals surface area contributed by atoms with E-state index in [0.29, 0.717) is 29.0 Å². The molecule has 1 aromatic heterocycles. The summed E-state index contributed by atoms with van der Waals surface area (Å²) in [6.45, 7) is 1.49. The molecule has 2 N–H and O–H groups in total. The summed E-state index contributed by atoms with van der Waals surface area (Å²) < 4.78 is 28.4. The second kappa shape index (κ2) is 7.73. The largest absolute Gasteiger partial charge is 0.393 e. The fourth-order valence-corrected chi connectivity index (χ4v) is 6.18. The van der Waals surface area contributed by atoms with E-state index in [-0.39, 0.29) is 17.4 Å². The van der Waals surface area contributed by atoms with Crippen LogP contribution < -0.4 is 5.32 Å². The molecule has 2 fully saturated rings. The maximum atomic E-state index is 13.2. The molecule has 146 valence electrons. The van der Waals surface area contributed by atoms with E-state index in [1.54, 1.807) is 12.1 Å². The van der Waals surface area contributed by atoms with Crippen LogP contribution in [0.3, 0.4) is 0 Å². The van der Waals surface area contributed by atoms with Gasteiger partial charge >= 0.3 is 0 Å². The Morgan fingerprint density at radius 3 is 2.44 bits per heavy atom. The molecule has 0 radical (unpaired) electrons. The third-order valence-electron chi connectivity index (χ3n) is 5.84. The molecular weight excluding hydrogens is 362 g/mol. The van der Waals surface area contributed by atoms with Crippen molar-refractivity contribution in [2.24, 2.45) is 0 Å². The number of piperidine rings is 1. The van der Waals surface area contributed by atoms with Crippen LogP contribution in [0.1, 0.15) is 44.6 Å². The van der Waals surface area contributed by atoms with Gasteiger partial charge in [-0.2, -0.15) is 5.10 Å². The Morgan fingerprint density at radius 1 is 1.00 bits per heavy atom. The lowest BCUT2D eigenvalue weighted by atomic mass is 9.93. The summed E-state index contributed by atoms with van der Waals surface area (Å²) in [7, 11) is -3.39. The molecule has 1 aliphatic carbocycles. The van der Waals surface area contributed by atoms with Gasteiger partial charge in [0.15, 0.2) is 9.84 Å². The number of rotatable bonds is 4. The summed E-state index contributed by atoms with van der Waals surface area (Å²) in [5.74, 6) is 0. The van der Waals surface area contributed by atoms with Crippen molar-refractivity contribution in [3.8, 4) is 11.3 Å². The minimum Gasteiger partial charge on any atom is -0.393 e. The monoisotopic (exact) mass is 389 g/mol. The van der Waals surface area contributed by atoms with Crippen LogP contribution in [0, 0.1) is 0 Å². The van der Waals surface area contributed by atoms with Gasteiger partial charge in [0.05, 0.1) is 28.0 Å². The van der Waals surface area contributed by atoms with Crippen LogP contribution in [0.25, 0.3) is 11.3 Å². The lowest BCUT2D eigenvalue weighted by molar-refractivity contribution is 0.108. The molecule has 0 amide bonds. The number of nitrogens with one attached hydrogen (secondary N) is 1. The number of nitrogens with zero attached hydrogens (tertiary/aromatic N) is 2. The van der Waals surface area contributed by atoms with E-state index in [1.807, 2.05) is 29.1 Å². The summed E-state index contributed by atoms with van der Waals surface area (Å²) in [5, 5.41) is 17.3. The summed E-state index contributed by atoms with van der Waals surface area (Å²) >= 11 is 0. The van der Waals surface area contributed by atoms with Crippen molar-refractivity contribution in [3.63, 3.8) is 0 Å². The van der Waals surface area contributed by atoms with Gasteiger partial charge in [0, 0.05) is 11.8 Å². The molecule has 1 aliphatic heterocycles. The van der Waals surface area contributed by atoms with Crippen LogP contribution in [-0.2, 0) is 9.84 Å². The van der Waals surface area contributed by atoms with Gasteiger partial charge in [-0.25, -0.2) is 8.42 Å². The number of aromatic nitrogens is 2. The van der Waals surface area contributed by atoms with E-state index < -0.39 is 9.84 Å². The van der Waals surface area contributed by atoms with Crippen molar-refractivity contribution >= 4 is 9.84 Å². The fourth-order valence-electron chi connectivity index (χ4n) is 4.22. The summed E-state index contributed by atoms with van der Waals surface area (Å²) in [6, 6.07) is 9.40. The zero-order valence-corrected chi connectivity index (χ0v) is 16.2. The molecule has 0 unspecified atom stereocenters. The lowest BCUT2D eigenvalue weighted by Gasteiger charge is -2.25. The van der Waals surface area contributed by atoms with Gasteiger partial charge in [-0.05, 0) is 63.7 Å². The minimum atomic E-state index is -3.39. The third kappa shape index (κ3) is 3.81. The molecule has 6 nitrogen and oxygen atoms in total. The zero-order valence-electron chi connectivity index (χ0n) is 15.4. The van der Waals surface area contributed by atoms with Gasteiger partial charge in [0.2, 0.25) is 0 Å². The standard InChI is InChI=1S/C20H27N3O3S/c24-16-7-5-15(6-8-16)23-14-11-19(22-23)18-3-1-2-4-20(18)27(25,26)17-9-12-21-13-10-17/h1-4,11,14-17,21,24H,5-10,12-13H2. The maximum Gasteiger partial charge on any atom is 0.181 e. The van der Waals surface area contributed by atoms with Gasteiger partial charge in [-0.15, -0.1) is 0 Å². The molecule has 1 saturated heterocycles. The van der Waals surface area contributed by atoms with Gasteiger partial charge in [-0.1, -0.05) is 18.2 Å². The number of benzene rings is 1. The normalized spacial score (nSPS) is 24.8. The second-order valence-corrected chi connectivity index (χ2v) is 9.83. The number of aliphatic hydroxyl groups excluding tert-OH is 1. The van der Waals surface area contributed by atoms with Crippen LogP contribution in [0.2, 0.25) is 0 Å². The predicted octanol–water partition coefficient (Wildman–Crippen LogP) is 2.55. The lowest BCUT2D eigenvalue weighted by Crippen LogP contribution is -2.35. The zero-order chi connectivity index (χ0) is 18.9. The molecule has 2 aromatic rings. The maximum absolute atomic E-state index is 13.2. The number of aliphatic hydroxyl groups is 1. The van der Waals surface area contributed by atoms with E-state index in [0.717, 1.165) is 38.8 Å². The molecule has 2 heterocycles. The summed E-state index contributed by atoms with van der Waals surface area (Å²) in [5.41, 5.74) is 1.39. The van der Waals surface area contributed by atoms with Gasteiger partial charge < -0.3 is 10.4 Å². The highest BCUT2D eigenvalue weighted by Gasteiger charge is 2.31. The molecule has 0 spiro atoms. The van der Waals surface area contributed by atoms with Crippen molar-refractivity contribution in [1.29, 1.82) is 0 Å². The first-order valence-corrected chi connectivity index (χ1v) is 11.4. The van der Waals surface area contributed by atoms with Gasteiger partial charge in [0.25, 0.3) is 0 Å². The number of hydrogen-bond donors (Lipinski definition) is 2. The van der Waals surface area contributed by atoms with Crippen LogP contribution in [0.4, 0.5) is 0 Å². The molecule has 7 heteroatoms. The quantitative estimate of drug-likeness (QED) is 0.840. The van der Waals surface area contributed by atoms with E-state index in [9.17, 15) is 13.5 Å². The molecule has 2 aliphatic rings. The minimum absolute atomic E-state index is 0.202. The van der Waals surface area contributed by atoms with Crippen LogP contribution >= 0.6 is 0 Å². The topological polar surface area (TPSA) is 84.2 Å². The Labute approximate surface area is 160 Å². The van der Waals surface area contributed by atoms with Crippen LogP contribution in [-0.4, -0.2) is 47.7 Å². The summed E-state index contributed by atoms with van der Waals surface area (Å²) in [6.07, 6.45) is 6.42. The molecule has 1 saturated carbocycles. The highest BCUT2D eigenvalue weighted by molar-refractivity contribution is 7.92. The first kappa shape index (κ1) is 18.7. The van der Waals surface area contributed by atoms with Gasteiger partial charge in [0.1, 0.15) is 0 Å². The van der Waals surface area contributed by atoms with E-state index in [1.165, 1.54) is 0 Å². The Kier molecular flexibility index (Phi) is 5.34. The fraction of sp³-hybridized carbons (Fsp3) is 0.550. The van der Waals surface area contributed by atoms with Crippen molar-refractivity contribution < 1.29 is 13.5 Å². The SMILES string of the molecule is O=S(=O)(c1ccccc1-c1ccn(C2CCC(O)CC2)n1)C1CCNCC1. The molecule has 0 bridgehead atoms. The van der Waals surface area contributed by atoms with Crippen LogP contribution in [0.5, 0.6) is 0 Å². The third-order valence-corrected chi connectivity index (χ3v) is 8.16. The molecule has 27 heavy (non-hydrogen) atoms. The van der Waals surface area contributed by atoms with Crippen molar-refractivity contribution in [3.05, 3.63) is 36.5 Å². The first-order chi connectivity index (χ1) is 13.1. The van der Waals surface area contributed by atoms with E-state index in [4.69, 9.17) is 5.10 Å². The average molecular weight is 390 g/mol. The Hall–Kier alpha value is -1.70. The Balaban J connectivity index is 1.64. The van der Waals surface area contributed by atoms with E-state index in [2.05, 4.69) is 5.32 Å². The van der Waals surface area contributed by atoms with Crippen molar-refractivity contribution in [1.82, 2.24) is 15.1 Å². The molecule has 1 aromatic carbocycles. The average Bonchev–Trinajstić information content (AvgIpc) is 3.19. The second-order valence-electron chi connectivity index (χ2n) is 7.63. The molecule has 4 rings (SSSR count). The Morgan fingerprint density at radius 2 is 1.70 bits per heavy atom. The van der Waals surface area contributed by atoms with Crippen molar-refractivity contribution in [2.75, 3.05) is 13.1 Å². The first-order valence-electron chi connectivity index (χ1n) is 9.83. The summed E-state index contributed by atoms with van der Waals surface area (Å²) in [4.78, 5) is 0.390. The van der Waals surface area contributed by atoms with Gasteiger partial charge in [-0.3, -0.25) is 4.68 Å².